The van der Waals surface area contributed by atoms with Gasteiger partial charge < -0.3 is 19.1 Å². The highest BCUT2D eigenvalue weighted by molar-refractivity contribution is 7.12. The molecule has 0 N–H and O–H groups in total. The van der Waals surface area contributed by atoms with Gasteiger partial charge in [-0.1, -0.05) is 23.4 Å². The van der Waals surface area contributed by atoms with Crippen molar-refractivity contribution in [2.45, 2.75) is 26.9 Å². The van der Waals surface area contributed by atoms with Crippen molar-refractivity contribution in [2.24, 2.45) is 0 Å². The van der Waals surface area contributed by atoms with Crippen LogP contribution < -0.4 is 4.74 Å². The minimum atomic E-state index is 0.0503. The van der Waals surface area contributed by atoms with Crippen LogP contribution in [0.25, 0.3) is 0 Å². The molecule has 1 aliphatic heterocycles. The predicted octanol–water partition coefficient (Wildman–Crippen LogP) is 3.46. The molecule has 162 valence electrons. The molecule has 0 spiro atoms. The zero-order valence-corrected chi connectivity index (χ0v) is 18.5. The van der Waals surface area contributed by atoms with Gasteiger partial charge in [-0.15, -0.1) is 11.3 Å². The third-order valence-corrected chi connectivity index (χ3v) is 6.35. The molecule has 1 aliphatic rings. The van der Waals surface area contributed by atoms with Gasteiger partial charge >= 0.3 is 0 Å². The second-order valence-electron chi connectivity index (χ2n) is 7.56. The highest BCUT2D eigenvalue weighted by Crippen LogP contribution is 2.19. The van der Waals surface area contributed by atoms with E-state index >= 15 is 0 Å². The maximum atomic E-state index is 12.7. The van der Waals surface area contributed by atoms with E-state index in [-0.39, 0.29) is 11.8 Å². The summed E-state index contributed by atoms with van der Waals surface area (Å²) in [4.78, 5) is 29.5. The van der Waals surface area contributed by atoms with Crippen LogP contribution in [-0.4, -0.2) is 52.9 Å². The molecule has 0 aliphatic carbocycles. The summed E-state index contributed by atoms with van der Waals surface area (Å²) < 4.78 is 11.0. The lowest BCUT2D eigenvalue weighted by Gasteiger charge is -2.34. The first-order valence-electron chi connectivity index (χ1n) is 10.3. The van der Waals surface area contributed by atoms with Crippen LogP contribution in [0.2, 0.25) is 0 Å². The first-order valence-corrected chi connectivity index (χ1v) is 11.1. The summed E-state index contributed by atoms with van der Waals surface area (Å²) in [6, 6.07) is 11.3. The van der Waals surface area contributed by atoms with Crippen molar-refractivity contribution in [3.8, 4) is 5.75 Å². The number of hydrogen-bond donors (Lipinski definition) is 0. The molecule has 0 radical (unpaired) electrons. The molecule has 3 aromatic rings. The maximum Gasteiger partial charge on any atom is 0.264 e. The summed E-state index contributed by atoms with van der Waals surface area (Å²) in [6.07, 6.45) is 0.336. The van der Waals surface area contributed by atoms with E-state index in [1.165, 1.54) is 11.3 Å². The smallest absolute Gasteiger partial charge is 0.264 e. The number of amides is 2. The topological polar surface area (TPSA) is 75.9 Å². The Labute approximate surface area is 185 Å². The van der Waals surface area contributed by atoms with Gasteiger partial charge in [-0.05, 0) is 43.0 Å². The summed E-state index contributed by atoms with van der Waals surface area (Å²) in [6.45, 7) is 6.41. The summed E-state index contributed by atoms with van der Waals surface area (Å²) in [5.74, 6) is 1.62. The number of carbonyl (C=O) groups is 2. The molecule has 2 aromatic heterocycles. The van der Waals surface area contributed by atoms with E-state index < -0.39 is 0 Å². The molecule has 1 aromatic carbocycles. The number of carbonyl (C=O) groups excluding carboxylic acids is 2. The fourth-order valence-corrected chi connectivity index (χ4v) is 4.26. The first kappa shape index (κ1) is 21.1. The van der Waals surface area contributed by atoms with Gasteiger partial charge in [0.05, 0.1) is 22.6 Å². The van der Waals surface area contributed by atoms with Crippen molar-refractivity contribution in [3.63, 3.8) is 0 Å². The fourth-order valence-electron chi connectivity index (χ4n) is 3.57. The molecule has 0 saturated carbocycles. The molecular weight excluding hydrogens is 414 g/mol. The zero-order chi connectivity index (χ0) is 21.8. The van der Waals surface area contributed by atoms with Crippen LogP contribution in [-0.2, 0) is 17.8 Å². The Morgan fingerprint density at radius 1 is 1.06 bits per heavy atom. The first-order chi connectivity index (χ1) is 15.0. The van der Waals surface area contributed by atoms with E-state index in [0.717, 1.165) is 33.2 Å². The van der Waals surface area contributed by atoms with Crippen molar-refractivity contribution >= 4 is 23.2 Å². The van der Waals surface area contributed by atoms with E-state index in [1.807, 2.05) is 65.4 Å². The van der Waals surface area contributed by atoms with Crippen LogP contribution in [0.4, 0.5) is 0 Å². The molecule has 1 saturated heterocycles. The largest absolute Gasteiger partial charge is 0.489 e. The van der Waals surface area contributed by atoms with Crippen molar-refractivity contribution < 1.29 is 18.8 Å². The normalized spacial score (nSPS) is 14.0. The van der Waals surface area contributed by atoms with Crippen LogP contribution in [0.15, 0.2) is 46.3 Å². The number of aromatic nitrogens is 1. The standard InChI is InChI=1S/C23H25N3O4S/c1-16-20(17(2)30-24-16)15-29-19-7-5-18(6-8-19)14-22(27)25-9-11-26(12-10-25)23(28)21-4-3-13-31-21/h3-8,13H,9-12,14-15H2,1-2H3. The molecule has 31 heavy (non-hydrogen) atoms. The molecule has 0 atom stereocenters. The second kappa shape index (κ2) is 9.34. The Bertz CT molecular complexity index is 1020. The van der Waals surface area contributed by atoms with Crippen LogP contribution in [0, 0.1) is 13.8 Å². The number of aryl methyl sites for hydroxylation is 2. The van der Waals surface area contributed by atoms with Crippen LogP contribution >= 0.6 is 11.3 Å². The summed E-state index contributed by atoms with van der Waals surface area (Å²) in [7, 11) is 0. The maximum absolute atomic E-state index is 12.7. The van der Waals surface area contributed by atoms with Gasteiger partial charge in [-0.25, -0.2) is 0 Å². The lowest BCUT2D eigenvalue weighted by atomic mass is 10.1. The molecule has 0 unspecified atom stereocenters. The molecule has 3 heterocycles. The minimum absolute atomic E-state index is 0.0503. The highest BCUT2D eigenvalue weighted by Gasteiger charge is 2.25. The molecule has 7 nitrogen and oxygen atoms in total. The zero-order valence-electron chi connectivity index (χ0n) is 17.7. The molecule has 0 bridgehead atoms. The fraction of sp³-hybridized carbons (Fsp3) is 0.348. The Kier molecular flexibility index (Phi) is 6.36. The Balaban J connectivity index is 1.26. The van der Waals surface area contributed by atoms with Crippen LogP contribution in [0.5, 0.6) is 5.75 Å². The monoisotopic (exact) mass is 439 g/mol. The number of piperazine rings is 1. The Morgan fingerprint density at radius 3 is 2.39 bits per heavy atom. The number of hydrogen-bond acceptors (Lipinski definition) is 6. The quantitative estimate of drug-likeness (QED) is 0.588. The van der Waals surface area contributed by atoms with E-state index in [1.54, 1.807) is 0 Å². The number of thiophene rings is 1. The van der Waals surface area contributed by atoms with Gasteiger partial charge in [0, 0.05) is 26.2 Å². The number of ether oxygens (including phenoxy) is 1. The van der Waals surface area contributed by atoms with E-state index in [2.05, 4.69) is 5.16 Å². The van der Waals surface area contributed by atoms with E-state index in [0.29, 0.717) is 39.2 Å². The van der Waals surface area contributed by atoms with Crippen LogP contribution in [0.1, 0.15) is 32.3 Å². The van der Waals surface area contributed by atoms with Gasteiger partial charge in [0.1, 0.15) is 18.1 Å². The highest BCUT2D eigenvalue weighted by atomic mass is 32.1. The third kappa shape index (κ3) is 4.96. The van der Waals surface area contributed by atoms with Gasteiger partial charge in [0.15, 0.2) is 0 Å². The molecule has 8 heteroatoms. The van der Waals surface area contributed by atoms with E-state index in [4.69, 9.17) is 9.26 Å². The lowest BCUT2D eigenvalue weighted by Crippen LogP contribution is -2.50. The van der Waals surface area contributed by atoms with Gasteiger partial charge in [-0.3, -0.25) is 9.59 Å². The summed E-state index contributed by atoms with van der Waals surface area (Å²) >= 11 is 1.45. The molecular formula is C23H25N3O4S. The second-order valence-corrected chi connectivity index (χ2v) is 8.51. The molecule has 1 fully saturated rings. The number of rotatable bonds is 6. The predicted molar refractivity (Wildman–Crippen MR) is 117 cm³/mol. The molecule has 2 amide bonds. The summed E-state index contributed by atoms with van der Waals surface area (Å²) in [5, 5.41) is 5.83. The Hall–Kier alpha value is -3.13. The van der Waals surface area contributed by atoms with Gasteiger partial charge in [0.25, 0.3) is 5.91 Å². The average molecular weight is 440 g/mol. The van der Waals surface area contributed by atoms with Crippen molar-refractivity contribution in [2.75, 3.05) is 26.2 Å². The van der Waals surface area contributed by atoms with Crippen molar-refractivity contribution in [1.29, 1.82) is 0 Å². The van der Waals surface area contributed by atoms with Gasteiger partial charge in [-0.2, -0.15) is 0 Å². The van der Waals surface area contributed by atoms with E-state index in [9.17, 15) is 9.59 Å². The minimum Gasteiger partial charge on any atom is -0.489 e. The van der Waals surface area contributed by atoms with Crippen molar-refractivity contribution in [1.82, 2.24) is 15.0 Å². The number of benzene rings is 1. The third-order valence-electron chi connectivity index (χ3n) is 5.49. The summed E-state index contributed by atoms with van der Waals surface area (Å²) in [5.41, 5.74) is 2.72. The van der Waals surface area contributed by atoms with Gasteiger partial charge in [0.2, 0.25) is 5.91 Å². The average Bonchev–Trinajstić information content (AvgIpc) is 3.43. The number of nitrogens with zero attached hydrogens (tertiary/aromatic N) is 3. The molecule has 4 rings (SSSR count). The van der Waals surface area contributed by atoms with Crippen molar-refractivity contribution in [3.05, 3.63) is 69.2 Å². The Morgan fingerprint density at radius 2 is 1.77 bits per heavy atom. The van der Waals surface area contributed by atoms with Crippen LogP contribution in [0.3, 0.4) is 0 Å². The SMILES string of the molecule is Cc1noc(C)c1COc1ccc(CC(=O)N2CCN(C(=O)c3cccs3)CC2)cc1. The lowest BCUT2D eigenvalue weighted by molar-refractivity contribution is -0.131.